The summed E-state index contributed by atoms with van der Waals surface area (Å²) in [6.07, 6.45) is 0.739. The maximum Gasteiger partial charge on any atom is 0.243 e. The molecule has 0 saturated carbocycles. The Bertz CT molecular complexity index is 1290. The average molecular weight is 527 g/mol. The molecule has 0 fully saturated rings. The van der Waals surface area contributed by atoms with Gasteiger partial charge >= 0.3 is 0 Å². The van der Waals surface area contributed by atoms with Crippen LogP contribution in [0.3, 0.4) is 0 Å². The third-order valence-electron chi connectivity index (χ3n) is 5.94. The molecule has 4 rings (SSSR count). The van der Waals surface area contributed by atoms with Crippen molar-refractivity contribution < 1.29 is 13.2 Å². The highest BCUT2D eigenvalue weighted by Crippen LogP contribution is 2.34. The van der Waals surface area contributed by atoms with Crippen molar-refractivity contribution in [1.82, 2.24) is 4.31 Å². The minimum Gasteiger partial charge on any atom is -0.308 e. The van der Waals surface area contributed by atoms with E-state index in [1.165, 1.54) is 4.31 Å². The Kier molecular flexibility index (Phi) is 6.75. The zero-order valence-corrected chi connectivity index (χ0v) is 21.4. The van der Waals surface area contributed by atoms with Crippen LogP contribution in [0.4, 0.5) is 5.69 Å². The van der Waals surface area contributed by atoms with Gasteiger partial charge in [0.2, 0.25) is 15.9 Å². The number of amides is 1. The van der Waals surface area contributed by atoms with Crippen LogP contribution in [0.1, 0.15) is 29.2 Å². The maximum absolute atomic E-state index is 13.6. The molecule has 3 aromatic rings. The van der Waals surface area contributed by atoms with Crippen LogP contribution in [0.2, 0.25) is 0 Å². The first-order valence-electron chi connectivity index (χ1n) is 10.9. The normalized spacial score (nSPS) is 15.7. The van der Waals surface area contributed by atoms with E-state index in [1.807, 2.05) is 63.2 Å². The van der Waals surface area contributed by atoms with E-state index in [1.54, 1.807) is 29.2 Å². The number of rotatable bonds is 6. The topological polar surface area (TPSA) is 57.7 Å². The van der Waals surface area contributed by atoms with Gasteiger partial charge in [0.05, 0.1) is 11.4 Å². The molecule has 0 aromatic heterocycles. The fourth-order valence-electron chi connectivity index (χ4n) is 4.31. The van der Waals surface area contributed by atoms with Gasteiger partial charge in [-0.15, -0.1) is 0 Å². The lowest BCUT2D eigenvalue weighted by atomic mass is 10.1. The molecule has 3 aromatic carbocycles. The summed E-state index contributed by atoms with van der Waals surface area (Å²) in [5.74, 6) is -0.230. The lowest BCUT2D eigenvalue weighted by Crippen LogP contribution is -2.44. The minimum atomic E-state index is -3.88. The third kappa shape index (κ3) is 5.05. The van der Waals surface area contributed by atoms with Gasteiger partial charge in [-0.1, -0.05) is 63.5 Å². The molecular formula is C26H27BrN2O3S. The van der Waals surface area contributed by atoms with E-state index in [-0.39, 0.29) is 29.9 Å². The molecule has 1 heterocycles. The van der Waals surface area contributed by atoms with Crippen LogP contribution in [-0.2, 0) is 27.8 Å². The van der Waals surface area contributed by atoms with Gasteiger partial charge in [0.15, 0.2) is 0 Å². The highest BCUT2D eigenvalue weighted by atomic mass is 79.9. The Morgan fingerprint density at radius 2 is 1.76 bits per heavy atom. The summed E-state index contributed by atoms with van der Waals surface area (Å²) in [4.78, 5) is 15.4. The summed E-state index contributed by atoms with van der Waals surface area (Å²) in [5.41, 5.74) is 4.79. The van der Waals surface area contributed by atoms with Crippen molar-refractivity contribution in [2.24, 2.45) is 0 Å². The zero-order valence-electron chi connectivity index (χ0n) is 19.0. The Morgan fingerprint density at radius 1 is 1.03 bits per heavy atom. The number of fused-ring (bicyclic) bond motifs is 1. The van der Waals surface area contributed by atoms with Crippen molar-refractivity contribution in [3.8, 4) is 0 Å². The molecule has 1 amide bonds. The second-order valence-corrected chi connectivity index (χ2v) is 11.5. The molecule has 172 valence electrons. The first-order chi connectivity index (χ1) is 15.6. The van der Waals surface area contributed by atoms with Crippen molar-refractivity contribution >= 4 is 37.5 Å². The number of halogens is 1. The Hall–Kier alpha value is -2.48. The lowest BCUT2D eigenvalue weighted by Gasteiger charge is -2.28. The van der Waals surface area contributed by atoms with E-state index >= 15 is 0 Å². The van der Waals surface area contributed by atoms with Crippen molar-refractivity contribution in [2.45, 2.75) is 44.7 Å². The van der Waals surface area contributed by atoms with Gasteiger partial charge in [0.25, 0.3) is 0 Å². The molecule has 0 bridgehead atoms. The molecule has 0 N–H and O–H groups in total. The van der Waals surface area contributed by atoms with E-state index in [0.29, 0.717) is 0 Å². The van der Waals surface area contributed by atoms with Crippen LogP contribution >= 0.6 is 15.9 Å². The highest BCUT2D eigenvalue weighted by Gasteiger charge is 2.34. The summed E-state index contributed by atoms with van der Waals surface area (Å²) >= 11 is 3.49. The number of carbonyl (C=O) groups is 1. The summed E-state index contributed by atoms with van der Waals surface area (Å²) in [7, 11) is -3.88. The number of anilines is 1. The van der Waals surface area contributed by atoms with E-state index in [2.05, 4.69) is 15.9 Å². The zero-order chi connectivity index (χ0) is 23.8. The van der Waals surface area contributed by atoms with Crippen LogP contribution in [0, 0.1) is 13.8 Å². The molecule has 1 unspecified atom stereocenters. The van der Waals surface area contributed by atoms with Crippen LogP contribution in [0.15, 0.2) is 76.1 Å². The number of hydrogen-bond acceptors (Lipinski definition) is 3. The smallest absolute Gasteiger partial charge is 0.243 e. The van der Waals surface area contributed by atoms with Gasteiger partial charge in [-0.25, -0.2) is 8.42 Å². The lowest BCUT2D eigenvalue weighted by molar-refractivity contribution is -0.119. The van der Waals surface area contributed by atoms with Crippen LogP contribution in [0.25, 0.3) is 0 Å². The average Bonchev–Trinajstić information content (AvgIpc) is 3.08. The van der Waals surface area contributed by atoms with Gasteiger partial charge in [-0.05, 0) is 68.7 Å². The first kappa shape index (κ1) is 23.7. The summed E-state index contributed by atoms with van der Waals surface area (Å²) in [6.45, 7) is 5.76. The monoisotopic (exact) mass is 526 g/mol. The summed E-state index contributed by atoms with van der Waals surface area (Å²) in [6, 6.07) is 20.3. The highest BCUT2D eigenvalue weighted by molar-refractivity contribution is 9.10. The van der Waals surface area contributed by atoms with Gasteiger partial charge in [-0.3, -0.25) is 4.79 Å². The van der Waals surface area contributed by atoms with Crippen LogP contribution in [-0.4, -0.2) is 31.2 Å². The Morgan fingerprint density at radius 3 is 2.45 bits per heavy atom. The molecule has 1 aliphatic rings. The number of benzene rings is 3. The minimum absolute atomic E-state index is 0.0373. The van der Waals surface area contributed by atoms with E-state index < -0.39 is 10.0 Å². The van der Waals surface area contributed by atoms with Crippen molar-refractivity contribution in [2.75, 3.05) is 11.4 Å². The van der Waals surface area contributed by atoms with Crippen molar-refractivity contribution in [3.05, 3.63) is 93.5 Å². The second kappa shape index (κ2) is 9.41. The molecule has 0 radical (unpaired) electrons. The fourth-order valence-corrected chi connectivity index (χ4v) is 6.09. The summed E-state index contributed by atoms with van der Waals surface area (Å²) < 4.78 is 29.5. The molecule has 5 nitrogen and oxygen atoms in total. The fraction of sp³-hybridized carbons (Fsp3) is 0.269. The maximum atomic E-state index is 13.6. The number of sulfonamides is 1. The predicted molar refractivity (Wildman–Crippen MR) is 135 cm³/mol. The summed E-state index contributed by atoms with van der Waals surface area (Å²) in [5, 5.41) is 0. The van der Waals surface area contributed by atoms with Crippen molar-refractivity contribution in [3.63, 3.8) is 0 Å². The SMILES string of the molecule is Cc1ccc(S(=O)(=O)N(CC(=O)N2c3ccc(Br)cc3CC2C)Cc2cccc(C)c2)cc1. The molecular weight excluding hydrogens is 500 g/mol. The van der Waals surface area contributed by atoms with Gasteiger partial charge in [0, 0.05) is 22.7 Å². The van der Waals surface area contributed by atoms with E-state index in [0.717, 1.165) is 38.8 Å². The van der Waals surface area contributed by atoms with Gasteiger partial charge in [-0.2, -0.15) is 4.31 Å². The molecule has 0 aliphatic carbocycles. The van der Waals surface area contributed by atoms with Gasteiger partial charge < -0.3 is 4.90 Å². The molecule has 0 saturated heterocycles. The standard InChI is InChI=1S/C26H27BrN2O3S/c1-18-7-10-24(11-8-18)33(31,32)28(16-21-6-4-5-19(2)13-21)17-26(30)29-20(3)14-22-15-23(27)9-12-25(22)29/h4-13,15,20H,14,16-17H2,1-3H3. The number of aryl methyl sites for hydroxylation is 2. The number of nitrogens with zero attached hydrogens (tertiary/aromatic N) is 2. The third-order valence-corrected chi connectivity index (χ3v) is 8.24. The molecule has 1 atom stereocenters. The second-order valence-electron chi connectivity index (χ2n) is 8.67. The van der Waals surface area contributed by atoms with Crippen LogP contribution < -0.4 is 4.90 Å². The number of hydrogen-bond donors (Lipinski definition) is 0. The molecule has 7 heteroatoms. The molecule has 0 spiro atoms. The van der Waals surface area contributed by atoms with E-state index in [9.17, 15) is 13.2 Å². The first-order valence-corrected chi connectivity index (χ1v) is 13.1. The molecule has 33 heavy (non-hydrogen) atoms. The quantitative estimate of drug-likeness (QED) is 0.441. The molecule has 1 aliphatic heterocycles. The Balaban J connectivity index is 1.68. The van der Waals surface area contributed by atoms with Crippen LogP contribution in [0.5, 0.6) is 0 Å². The predicted octanol–water partition coefficient (Wildman–Crippen LogP) is 5.23. The Labute approximate surface area is 204 Å². The van der Waals surface area contributed by atoms with Gasteiger partial charge in [0.1, 0.15) is 0 Å². The van der Waals surface area contributed by atoms with E-state index in [4.69, 9.17) is 0 Å². The largest absolute Gasteiger partial charge is 0.308 e. The number of carbonyl (C=O) groups excluding carboxylic acids is 1. The van der Waals surface area contributed by atoms with Crippen molar-refractivity contribution in [1.29, 1.82) is 0 Å².